The van der Waals surface area contributed by atoms with Crippen LogP contribution in [0.2, 0.25) is 0 Å². The van der Waals surface area contributed by atoms with Crippen molar-refractivity contribution in [3.63, 3.8) is 0 Å². The topological polar surface area (TPSA) is 46.2 Å². The zero-order valence-corrected chi connectivity index (χ0v) is 10.2. The molecule has 0 aromatic carbocycles. The van der Waals surface area contributed by atoms with Crippen LogP contribution in [0.15, 0.2) is 0 Å². The molecule has 0 unspecified atom stereocenters. The minimum atomic E-state index is -2.81. The van der Waals surface area contributed by atoms with E-state index in [-0.39, 0.29) is 5.41 Å². The first-order chi connectivity index (χ1) is 6.33. The van der Waals surface area contributed by atoms with Crippen LogP contribution in [0.4, 0.5) is 0 Å². The third-order valence-corrected chi connectivity index (χ3v) is 3.71. The van der Waals surface area contributed by atoms with E-state index in [9.17, 15) is 8.42 Å². The standard InChI is InChI=1S/C10H21NO2S/c1-9(2)6-11-7-10(4-5-10)8-14(3,12)13/h9,11H,4-8H2,1-3H3. The van der Waals surface area contributed by atoms with Gasteiger partial charge >= 0.3 is 0 Å². The third-order valence-electron chi connectivity index (χ3n) is 2.58. The fourth-order valence-electron chi connectivity index (χ4n) is 1.73. The first-order valence-electron chi connectivity index (χ1n) is 5.21. The summed E-state index contributed by atoms with van der Waals surface area (Å²) in [7, 11) is -2.81. The zero-order valence-electron chi connectivity index (χ0n) is 9.34. The Hall–Kier alpha value is -0.0900. The molecule has 0 aliphatic heterocycles. The molecule has 84 valence electrons. The summed E-state index contributed by atoms with van der Waals surface area (Å²) in [6.45, 7) is 6.15. The molecule has 0 atom stereocenters. The Bertz CT molecular complexity index is 278. The minimum absolute atomic E-state index is 0.0719. The molecule has 14 heavy (non-hydrogen) atoms. The lowest BCUT2D eigenvalue weighted by atomic mass is 10.1. The summed E-state index contributed by atoms with van der Waals surface area (Å²) < 4.78 is 22.3. The first-order valence-corrected chi connectivity index (χ1v) is 7.28. The fourth-order valence-corrected chi connectivity index (χ4v) is 3.23. The molecule has 4 heteroatoms. The predicted octanol–water partition coefficient (Wildman–Crippen LogP) is 1.06. The average Bonchev–Trinajstić information content (AvgIpc) is 2.64. The van der Waals surface area contributed by atoms with E-state index in [4.69, 9.17) is 0 Å². The van der Waals surface area contributed by atoms with Gasteiger partial charge in [-0.1, -0.05) is 13.8 Å². The highest BCUT2D eigenvalue weighted by Crippen LogP contribution is 2.45. The van der Waals surface area contributed by atoms with Crippen molar-refractivity contribution >= 4 is 9.84 Å². The predicted molar refractivity (Wildman–Crippen MR) is 59.1 cm³/mol. The van der Waals surface area contributed by atoms with E-state index in [1.807, 2.05) is 0 Å². The highest BCUT2D eigenvalue weighted by Gasteiger charge is 2.44. The van der Waals surface area contributed by atoms with Gasteiger partial charge in [0.05, 0.1) is 5.75 Å². The largest absolute Gasteiger partial charge is 0.316 e. The summed E-state index contributed by atoms with van der Waals surface area (Å²) in [6.07, 6.45) is 3.45. The van der Waals surface area contributed by atoms with E-state index in [1.54, 1.807) is 0 Å². The van der Waals surface area contributed by atoms with Crippen molar-refractivity contribution in [3.8, 4) is 0 Å². The highest BCUT2D eigenvalue weighted by molar-refractivity contribution is 7.90. The van der Waals surface area contributed by atoms with Gasteiger partial charge in [-0.25, -0.2) is 8.42 Å². The van der Waals surface area contributed by atoms with Crippen LogP contribution >= 0.6 is 0 Å². The van der Waals surface area contributed by atoms with Crippen LogP contribution < -0.4 is 5.32 Å². The van der Waals surface area contributed by atoms with Crippen LogP contribution in [0.25, 0.3) is 0 Å². The molecule has 0 aromatic heterocycles. The van der Waals surface area contributed by atoms with E-state index >= 15 is 0 Å². The first kappa shape index (κ1) is 12.0. The lowest BCUT2D eigenvalue weighted by Gasteiger charge is -2.15. The summed E-state index contributed by atoms with van der Waals surface area (Å²) in [4.78, 5) is 0. The van der Waals surface area contributed by atoms with Gasteiger partial charge in [-0.2, -0.15) is 0 Å². The van der Waals surface area contributed by atoms with Gasteiger partial charge < -0.3 is 5.32 Å². The zero-order chi connectivity index (χ0) is 10.8. The molecule has 1 fully saturated rings. The Morgan fingerprint density at radius 1 is 1.36 bits per heavy atom. The highest BCUT2D eigenvalue weighted by atomic mass is 32.2. The maximum atomic E-state index is 11.2. The SMILES string of the molecule is CC(C)CNCC1(CS(C)(=O)=O)CC1. The van der Waals surface area contributed by atoms with Crippen molar-refractivity contribution in [1.29, 1.82) is 0 Å². The van der Waals surface area contributed by atoms with E-state index in [0.29, 0.717) is 11.7 Å². The molecule has 1 N–H and O–H groups in total. The molecule has 1 rings (SSSR count). The van der Waals surface area contributed by atoms with Crippen molar-refractivity contribution in [2.45, 2.75) is 26.7 Å². The second kappa shape index (κ2) is 4.19. The maximum absolute atomic E-state index is 11.2. The summed E-state index contributed by atoms with van der Waals surface area (Å²) in [5.41, 5.74) is 0.0719. The van der Waals surface area contributed by atoms with Crippen molar-refractivity contribution in [2.75, 3.05) is 25.1 Å². The van der Waals surface area contributed by atoms with Crippen LogP contribution in [0, 0.1) is 11.3 Å². The van der Waals surface area contributed by atoms with Crippen LogP contribution in [0.1, 0.15) is 26.7 Å². The van der Waals surface area contributed by atoms with Gasteiger partial charge in [0, 0.05) is 12.8 Å². The molecule has 1 aliphatic carbocycles. The van der Waals surface area contributed by atoms with Crippen molar-refractivity contribution in [2.24, 2.45) is 11.3 Å². The second-order valence-electron chi connectivity index (χ2n) is 5.09. The number of nitrogens with one attached hydrogen (secondary N) is 1. The quantitative estimate of drug-likeness (QED) is 0.726. The van der Waals surface area contributed by atoms with E-state index in [1.165, 1.54) is 6.26 Å². The summed E-state index contributed by atoms with van der Waals surface area (Å²) in [5.74, 6) is 0.981. The van der Waals surface area contributed by atoms with Crippen LogP contribution in [0.3, 0.4) is 0 Å². The Morgan fingerprint density at radius 2 is 1.93 bits per heavy atom. The summed E-state index contributed by atoms with van der Waals surface area (Å²) in [6, 6.07) is 0. The number of sulfone groups is 1. The number of hydrogen-bond acceptors (Lipinski definition) is 3. The van der Waals surface area contributed by atoms with E-state index < -0.39 is 9.84 Å². The van der Waals surface area contributed by atoms with Gasteiger partial charge in [-0.05, 0) is 30.7 Å². The van der Waals surface area contributed by atoms with Crippen molar-refractivity contribution in [1.82, 2.24) is 5.32 Å². The number of rotatable bonds is 6. The lowest BCUT2D eigenvalue weighted by molar-refractivity contribution is 0.461. The lowest BCUT2D eigenvalue weighted by Crippen LogP contribution is -2.31. The fraction of sp³-hybridized carbons (Fsp3) is 1.00. The molecule has 0 aromatic rings. The Morgan fingerprint density at radius 3 is 2.29 bits per heavy atom. The third kappa shape index (κ3) is 4.42. The van der Waals surface area contributed by atoms with Gasteiger partial charge in [0.1, 0.15) is 9.84 Å². The Balaban J connectivity index is 2.30. The normalized spacial score (nSPS) is 20.0. The summed E-state index contributed by atoms with van der Waals surface area (Å²) >= 11 is 0. The maximum Gasteiger partial charge on any atom is 0.148 e. The smallest absolute Gasteiger partial charge is 0.148 e. The second-order valence-corrected chi connectivity index (χ2v) is 7.24. The molecule has 0 radical (unpaired) electrons. The summed E-state index contributed by atoms with van der Waals surface area (Å²) in [5, 5.41) is 3.35. The van der Waals surface area contributed by atoms with Crippen molar-refractivity contribution in [3.05, 3.63) is 0 Å². The Kier molecular flexibility index (Phi) is 3.58. The van der Waals surface area contributed by atoms with Crippen LogP contribution in [-0.2, 0) is 9.84 Å². The van der Waals surface area contributed by atoms with Gasteiger partial charge in [0.15, 0.2) is 0 Å². The van der Waals surface area contributed by atoms with Gasteiger partial charge in [-0.15, -0.1) is 0 Å². The molecule has 0 saturated heterocycles. The minimum Gasteiger partial charge on any atom is -0.316 e. The molecule has 1 aliphatic rings. The molecule has 0 spiro atoms. The van der Waals surface area contributed by atoms with Gasteiger partial charge in [0.25, 0.3) is 0 Å². The molecular weight excluding hydrogens is 198 g/mol. The van der Waals surface area contributed by atoms with E-state index in [2.05, 4.69) is 19.2 Å². The average molecular weight is 219 g/mol. The van der Waals surface area contributed by atoms with Gasteiger partial charge in [0.2, 0.25) is 0 Å². The molecule has 3 nitrogen and oxygen atoms in total. The van der Waals surface area contributed by atoms with Crippen molar-refractivity contribution < 1.29 is 8.42 Å². The molecule has 0 amide bonds. The van der Waals surface area contributed by atoms with Gasteiger partial charge in [-0.3, -0.25) is 0 Å². The Labute approximate surface area is 87.2 Å². The van der Waals surface area contributed by atoms with Crippen LogP contribution in [0.5, 0.6) is 0 Å². The molecule has 0 heterocycles. The number of hydrogen-bond donors (Lipinski definition) is 1. The molecular formula is C10H21NO2S. The monoisotopic (exact) mass is 219 g/mol. The van der Waals surface area contributed by atoms with E-state index in [0.717, 1.165) is 25.9 Å². The van der Waals surface area contributed by atoms with Crippen LogP contribution in [-0.4, -0.2) is 33.5 Å². The molecule has 0 bridgehead atoms. The molecule has 1 saturated carbocycles.